The summed E-state index contributed by atoms with van der Waals surface area (Å²) in [6.45, 7) is 4.15. The fourth-order valence-corrected chi connectivity index (χ4v) is 1.06. The molecule has 14 heavy (non-hydrogen) atoms. The maximum absolute atomic E-state index is 9.53. The zero-order valence-electron chi connectivity index (χ0n) is 8.64. The average Bonchev–Trinajstić information content (AvgIpc) is 2.16. The predicted octanol–water partition coefficient (Wildman–Crippen LogP) is 3.80. The maximum Gasteiger partial charge on any atom is 0.115 e. The molecule has 0 aromatic heterocycles. The molecule has 0 heterocycles. The summed E-state index contributed by atoms with van der Waals surface area (Å²) in [6.07, 6.45) is 5.45. The molecule has 0 saturated heterocycles. The Hall–Kier alpha value is -1.50. The third kappa shape index (κ3) is 3.94. The highest BCUT2D eigenvalue weighted by atomic mass is 16.3. The van der Waals surface area contributed by atoms with Gasteiger partial charge in [-0.1, -0.05) is 50.3 Å². The molecule has 0 saturated carbocycles. The topological polar surface area (TPSA) is 20.2 Å². The molecular weight excluding hydrogens is 172 g/mol. The fraction of sp³-hybridized carbons (Fsp3) is 0.231. The molecule has 1 heteroatoms. The van der Waals surface area contributed by atoms with E-state index in [2.05, 4.69) is 13.8 Å². The Morgan fingerprint density at radius 1 is 1.21 bits per heavy atom. The highest BCUT2D eigenvalue weighted by Gasteiger charge is 1.89. The molecule has 0 radical (unpaired) electrons. The smallest absolute Gasteiger partial charge is 0.115 e. The number of benzene rings is 1. The molecule has 0 aliphatic rings. The Balaban J connectivity index is 2.70. The SMILES string of the molecule is CC(C)/C=C/C(O)=C\c1ccccc1. The first-order chi connectivity index (χ1) is 6.68. The van der Waals surface area contributed by atoms with Gasteiger partial charge < -0.3 is 5.11 Å². The zero-order valence-corrected chi connectivity index (χ0v) is 8.64. The largest absolute Gasteiger partial charge is 0.508 e. The highest BCUT2D eigenvalue weighted by Crippen LogP contribution is 2.06. The van der Waals surface area contributed by atoms with Gasteiger partial charge in [-0.15, -0.1) is 0 Å². The Morgan fingerprint density at radius 3 is 2.43 bits per heavy atom. The van der Waals surface area contributed by atoms with E-state index in [0.29, 0.717) is 11.7 Å². The van der Waals surface area contributed by atoms with E-state index in [1.165, 1.54) is 0 Å². The van der Waals surface area contributed by atoms with E-state index in [4.69, 9.17) is 0 Å². The molecule has 0 aliphatic carbocycles. The van der Waals surface area contributed by atoms with Crippen molar-refractivity contribution in [1.82, 2.24) is 0 Å². The van der Waals surface area contributed by atoms with Crippen molar-refractivity contribution in [3.63, 3.8) is 0 Å². The van der Waals surface area contributed by atoms with Gasteiger partial charge in [-0.3, -0.25) is 0 Å². The van der Waals surface area contributed by atoms with Crippen molar-refractivity contribution in [1.29, 1.82) is 0 Å². The van der Waals surface area contributed by atoms with Crippen LogP contribution >= 0.6 is 0 Å². The lowest BCUT2D eigenvalue weighted by molar-refractivity contribution is 0.437. The van der Waals surface area contributed by atoms with Gasteiger partial charge in [-0.2, -0.15) is 0 Å². The molecule has 74 valence electrons. The molecule has 0 bridgehead atoms. The van der Waals surface area contributed by atoms with Gasteiger partial charge in [0.2, 0.25) is 0 Å². The molecule has 0 spiro atoms. The summed E-state index contributed by atoms with van der Waals surface area (Å²) in [6, 6.07) is 9.77. The summed E-state index contributed by atoms with van der Waals surface area (Å²) in [5.41, 5.74) is 1.01. The fourth-order valence-electron chi connectivity index (χ4n) is 1.06. The number of hydrogen-bond donors (Lipinski definition) is 1. The Labute approximate surface area is 85.4 Å². The van der Waals surface area contributed by atoms with Crippen molar-refractivity contribution in [2.24, 2.45) is 5.92 Å². The second kappa shape index (κ2) is 5.28. The minimum Gasteiger partial charge on any atom is -0.508 e. The normalized spacial score (nSPS) is 12.6. The van der Waals surface area contributed by atoms with Crippen LogP contribution in [0.15, 0.2) is 48.2 Å². The first-order valence-electron chi connectivity index (χ1n) is 4.82. The van der Waals surface area contributed by atoms with Crippen LogP contribution in [0.2, 0.25) is 0 Å². The minimum atomic E-state index is 0.296. The number of aliphatic hydroxyl groups is 1. The first kappa shape index (κ1) is 10.6. The monoisotopic (exact) mass is 188 g/mol. The molecule has 0 aliphatic heterocycles. The van der Waals surface area contributed by atoms with Crippen LogP contribution in [0, 0.1) is 5.92 Å². The van der Waals surface area contributed by atoms with Crippen molar-refractivity contribution in [2.45, 2.75) is 13.8 Å². The van der Waals surface area contributed by atoms with Gasteiger partial charge in [0.15, 0.2) is 0 Å². The van der Waals surface area contributed by atoms with Gasteiger partial charge in [-0.25, -0.2) is 0 Å². The molecule has 1 nitrogen and oxygen atoms in total. The summed E-state index contributed by atoms with van der Waals surface area (Å²) in [5, 5.41) is 9.53. The standard InChI is InChI=1S/C13H16O/c1-11(2)8-9-13(14)10-12-6-4-3-5-7-12/h3-11,14H,1-2H3/b9-8+,13-10+. The maximum atomic E-state index is 9.53. The third-order valence-electron chi connectivity index (χ3n) is 1.77. The molecule has 1 aromatic rings. The Kier molecular flexibility index (Phi) is 3.99. The quantitative estimate of drug-likeness (QED) is 0.565. The van der Waals surface area contributed by atoms with Gasteiger partial charge in [0.05, 0.1) is 0 Å². The Morgan fingerprint density at radius 2 is 1.86 bits per heavy atom. The van der Waals surface area contributed by atoms with Crippen LogP contribution < -0.4 is 0 Å². The van der Waals surface area contributed by atoms with Crippen LogP contribution in [0.3, 0.4) is 0 Å². The van der Waals surface area contributed by atoms with E-state index in [0.717, 1.165) is 5.56 Å². The average molecular weight is 188 g/mol. The lowest BCUT2D eigenvalue weighted by Gasteiger charge is -1.95. The molecular formula is C13H16O. The second-order valence-electron chi connectivity index (χ2n) is 3.58. The van der Waals surface area contributed by atoms with Crippen molar-refractivity contribution >= 4 is 6.08 Å². The number of allylic oxidation sites excluding steroid dienone is 2. The van der Waals surface area contributed by atoms with Crippen molar-refractivity contribution in [3.8, 4) is 0 Å². The van der Waals surface area contributed by atoms with Crippen LogP contribution in [-0.4, -0.2) is 5.11 Å². The number of hydrogen-bond acceptors (Lipinski definition) is 1. The van der Waals surface area contributed by atoms with E-state index < -0.39 is 0 Å². The summed E-state index contributed by atoms with van der Waals surface area (Å²) in [7, 11) is 0. The van der Waals surface area contributed by atoms with E-state index in [1.807, 2.05) is 36.4 Å². The lowest BCUT2D eigenvalue weighted by atomic mass is 10.1. The molecule has 1 aromatic carbocycles. The summed E-state index contributed by atoms with van der Waals surface area (Å²) in [5.74, 6) is 0.756. The minimum absolute atomic E-state index is 0.296. The second-order valence-corrected chi connectivity index (χ2v) is 3.58. The highest BCUT2D eigenvalue weighted by molar-refractivity contribution is 5.53. The summed E-state index contributed by atoms with van der Waals surface area (Å²) in [4.78, 5) is 0. The summed E-state index contributed by atoms with van der Waals surface area (Å²) >= 11 is 0. The van der Waals surface area contributed by atoms with Crippen molar-refractivity contribution in [2.75, 3.05) is 0 Å². The van der Waals surface area contributed by atoms with Crippen LogP contribution in [0.4, 0.5) is 0 Å². The van der Waals surface area contributed by atoms with Crippen LogP contribution in [0.25, 0.3) is 6.08 Å². The van der Waals surface area contributed by atoms with Gasteiger partial charge in [0, 0.05) is 0 Å². The molecule has 0 fully saturated rings. The van der Waals surface area contributed by atoms with Crippen molar-refractivity contribution < 1.29 is 5.11 Å². The van der Waals surface area contributed by atoms with E-state index in [9.17, 15) is 5.11 Å². The molecule has 0 unspecified atom stereocenters. The van der Waals surface area contributed by atoms with Crippen LogP contribution in [0.5, 0.6) is 0 Å². The van der Waals surface area contributed by atoms with Gasteiger partial charge in [0.1, 0.15) is 5.76 Å². The van der Waals surface area contributed by atoms with E-state index in [-0.39, 0.29) is 0 Å². The summed E-state index contributed by atoms with van der Waals surface area (Å²) < 4.78 is 0. The van der Waals surface area contributed by atoms with Crippen LogP contribution in [0.1, 0.15) is 19.4 Å². The molecule has 0 amide bonds. The van der Waals surface area contributed by atoms with E-state index >= 15 is 0 Å². The van der Waals surface area contributed by atoms with Crippen molar-refractivity contribution in [3.05, 3.63) is 53.8 Å². The van der Waals surface area contributed by atoms with Gasteiger partial charge >= 0.3 is 0 Å². The lowest BCUT2D eigenvalue weighted by Crippen LogP contribution is -1.80. The van der Waals surface area contributed by atoms with E-state index in [1.54, 1.807) is 12.2 Å². The molecule has 0 atom stereocenters. The first-order valence-corrected chi connectivity index (χ1v) is 4.82. The Bertz CT molecular complexity index is 320. The molecule has 1 N–H and O–H groups in total. The molecule has 1 rings (SSSR count). The van der Waals surface area contributed by atoms with Crippen LogP contribution in [-0.2, 0) is 0 Å². The van der Waals surface area contributed by atoms with Gasteiger partial charge in [0.25, 0.3) is 0 Å². The van der Waals surface area contributed by atoms with Gasteiger partial charge in [-0.05, 0) is 23.6 Å². The number of rotatable bonds is 3. The third-order valence-corrected chi connectivity index (χ3v) is 1.77. The predicted molar refractivity (Wildman–Crippen MR) is 61.0 cm³/mol. The number of aliphatic hydroxyl groups excluding tert-OH is 1. The zero-order chi connectivity index (χ0) is 10.4.